The van der Waals surface area contributed by atoms with Crippen molar-refractivity contribution in [3.63, 3.8) is 0 Å². The summed E-state index contributed by atoms with van der Waals surface area (Å²) in [4.78, 5) is 5.81. The number of aliphatic hydroxyl groups excluding tert-OH is 1. The number of fused-ring (bicyclic) bond motifs is 1. The zero-order valence-electron chi connectivity index (χ0n) is 17.8. The molecule has 0 aliphatic rings. The van der Waals surface area contributed by atoms with Gasteiger partial charge in [0.05, 0.1) is 17.0 Å². The van der Waals surface area contributed by atoms with Gasteiger partial charge in [-0.1, -0.05) is 61.9 Å². The number of hydrogen-bond donors (Lipinski definition) is 2. The molecule has 7 nitrogen and oxygen atoms in total. The van der Waals surface area contributed by atoms with Gasteiger partial charge in [0.25, 0.3) is 0 Å². The zero-order chi connectivity index (χ0) is 21.9. The molecule has 0 aliphatic carbocycles. The van der Waals surface area contributed by atoms with Crippen molar-refractivity contribution in [3.8, 4) is 22.5 Å². The standard InChI is InChI=1S/C24H24N6OS/c1-2-3-8-22-25-23-20(15-32-21(23)14-31)30(22)13-16-9-11-17(12-10-16)18-6-4-5-7-19(18)24-26-28-29-27-24/h4-7,9-12,15,31H,2-3,8,13-14H2,1H3,(H,26,27,28,29). The lowest BCUT2D eigenvalue weighted by atomic mass is 9.98. The van der Waals surface area contributed by atoms with Crippen LogP contribution >= 0.6 is 11.3 Å². The largest absolute Gasteiger partial charge is 0.391 e. The number of rotatable bonds is 8. The predicted octanol–water partition coefficient (Wildman–Crippen LogP) is 4.83. The molecule has 2 N–H and O–H groups in total. The fraction of sp³-hybridized carbons (Fsp3) is 0.250. The van der Waals surface area contributed by atoms with Crippen molar-refractivity contribution in [3.05, 3.63) is 70.2 Å². The van der Waals surface area contributed by atoms with Crippen LogP contribution in [0.5, 0.6) is 0 Å². The number of H-pyrrole nitrogens is 1. The molecule has 0 unspecified atom stereocenters. The van der Waals surface area contributed by atoms with E-state index in [-0.39, 0.29) is 6.61 Å². The highest BCUT2D eigenvalue weighted by molar-refractivity contribution is 7.11. The number of aromatic nitrogens is 6. The van der Waals surface area contributed by atoms with Crippen molar-refractivity contribution in [1.82, 2.24) is 30.2 Å². The summed E-state index contributed by atoms with van der Waals surface area (Å²) < 4.78 is 2.29. The van der Waals surface area contributed by atoms with Crippen molar-refractivity contribution in [2.45, 2.75) is 39.3 Å². The van der Waals surface area contributed by atoms with Crippen LogP contribution in [0, 0.1) is 0 Å². The van der Waals surface area contributed by atoms with Crippen molar-refractivity contribution in [1.29, 1.82) is 0 Å². The van der Waals surface area contributed by atoms with Gasteiger partial charge in [-0.3, -0.25) is 0 Å². The van der Waals surface area contributed by atoms with E-state index < -0.39 is 0 Å². The maximum Gasteiger partial charge on any atom is 0.205 e. The van der Waals surface area contributed by atoms with Gasteiger partial charge in [0.1, 0.15) is 11.3 Å². The summed E-state index contributed by atoms with van der Waals surface area (Å²) in [7, 11) is 0. The number of nitrogens with zero attached hydrogens (tertiary/aromatic N) is 5. The number of hydrogen-bond acceptors (Lipinski definition) is 6. The molecule has 0 saturated heterocycles. The Bertz CT molecular complexity index is 1320. The molecule has 0 bridgehead atoms. The minimum Gasteiger partial charge on any atom is -0.391 e. The quantitative estimate of drug-likeness (QED) is 0.358. The van der Waals surface area contributed by atoms with Gasteiger partial charge in [-0.2, -0.15) is 5.21 Å². The van der Waals surface area contributed by atoms with Crippen LogP contribution in [-0.2, 0) is 19.6 Å². The van der Waals surface area contributed by atoms with Crippen LogP contribution in [0.15, 0.2) is 53.9 Å². The van der Waals surface area contributed by atoms with E-state index in [1.54, 1.807) is 11.3 Å². The van der Waals surface area contributed by atoms with Crippen LogP contribution in [-0.4, -0.2) is 35.3 Å². The predicted molar refractivity (Wildman–Crippen MR) is 126 cm³/mol. The Morgan fingerprint density at radius 1 is 1.06 bits per heavy atom. The molecule has 3 heterocycles. The number of aliphatic hydroxyl groups is 1. The molecule has 3 aromatic heterocycles. The van der Waals surface area contributed by atoms with E-state index >= 15 is 0 Å². The Balaban J connectivity index is 1.46. The summed E-state index contributed by atoms with van der Waals surface area (Å²) in [6.07, 6.45) is 3.17. The molecule has 162 valence electrons. The Kier molecular flexibility index (Phi) is 5.79. The molecule has 5 rings (SSSR count). The molecule has 0 saturated carbocycles. The smallest absolute Gasteiger partial charge is 0.205 e. The first-order chi connectivity index (χ1) is 15.8. The van der Waals surface area contributed by atoms with Crippen LogP contribution in [0.1, 0.15) is 36.0 Å². The van der Waals surface area contributed by atoms with E-state index in [1.165, 1.54) is 5.56 Å². The first kappa shape index (κ1) is 20.5. The number of nitrogens with one attached hydrogen (secondary N) is 1. The second kappa shape index (κ2) is 9.02. The van der Waals surface area contributed by atoms with E-state index in [0.29, 0.717) is 5.82 Å². The monoisotopic (exact) mass is 444 g/mol. The lowest BCUT2D eigenvalue weighted by Crippen LogP contribution is -2.05. The van der Waals surface area contributed by atoms with E-state index in [1.807, 2.05) is 18.2 Å². The number of aromatic amines is 1. The number of benzene rings is 2. The lowest BCUT2D eigenvalue weighted by Gasteiger charge is -2.11. The van der Waals surface area contributed by atoms with Crippen molar-refractivity contribution < 1.29 is 5.11 Å². The molecule has 0 aliphatic heterocycles. The zero-order valence-corrected chi connectivity index (χ0v) is 18.6. The number of thiophene rings is 1. The van der Waals surface area contributed by atoms with Crippen molar-refractivity contribution in [2.24, 2.45) is 0 Å². The molecule has 0 atom stereocenters. The average Bonchev–Trinajstić information content (AvgIpc) is 3.57. The van der Waals surface area contributed by atoms with Crippen LogP contribution < -0.4 is 0 Å². The third-order valence-electron chi connectivity index (χ3n) is 5.68. The number of imidazole rings is 1. The minimum atomic E-state index is 0.0346. The van der Waals surface area contributed by atoms with E-state index in [2.05, 4.69) is 67.8 Å². The minimum absolute atomic E-state index is 0.0346. The summed E-state index contributed by atoms with van der Waals surface area (Å²) in [6, 6.07) is 16.7. The second-order valence-electron chi connectivity index (χ2n) is 7.75. The van der Waals surface area contributed by atoms with Gasteiger partial charge in [-0.25, -0.2) is 4.98 Å². The van der Waals surface area contributed by atoms with E-state index in [9.17, 15) is 5.11 Å². The molecule has 0 fully saturated rings. The molecule has 8 heteroatoms. The Labute approximate surface area is 189 Å². The first-order valence-corrected chi connectivity index (χ1v) is 11.6. The van der Waals surface area contributed by atoms with Crippen LogP contribution in [0.25, 0.3) is 33.5 Å². The van der Waals surface area contributed by atoms with Gasteiger partial charge in [-0.15, -0.1) is 21.5 Å². The Morgan fingerprint density at radius 2 is 1.88 bits per heavy atom. The highest BCUT2D eigenvalue weighted by Gasteiger charge is 2.16. The molecule has 0 spiro atoms. The fourth-order valence-electron chi connectivity index (χ4n) is 4.01. The maximum atomic E-state index is 9.67. The molecule has 32 heavy (non-hydrogen) atoms. The Hall–Kier alpha value is -3.36. The number of aryl methyl sites for hydroxylation is 1. The summed E-state index contributed by atoms with van der Waals surface area (Å²) >= 11 is 1.57. The molecular weight excluding hydrogens is 420 g/mol. The lowest BCUT2D eigenvalue weighted by molar-refractivity contribution is 0.286. The van der Waals surface area contributed by atoms with Gasteiger partial charge < -0.3 is 9.67 Å². The van der Waals surface area contributed by atoms with Crippen LogP contribution in [0.4, 0.5) is 0 Å². The average molecular weight is 445 g/mol. The first-order valence-electron chi connectivity index (χ1n) is 10.8. The van der Waals surface area contributed by atoms with E-state index in [4.69, 9.17) is 4.98 Å². The third-order valence-corrected chi connectivity index (χ3v) is 6.63. The van der Waals surface area contributed by atoms with Gasteiger partial charge in [0, 0.05) is 23.9 Å². The van der Waals surface area contributed by atoms with Crippen LogP contribution in [0.3, 0.4) is 0 Å². The van der Waals surface area contributed by atoms with Gasteiger partial charge in [0.2, 0.25) is 5.82 Å². The second-order valence-corrected chi connectivity index (χ2v) is 8.71. The molecular formula is C24H24N6OS. The van der Waals surface area contributed by atoms with Crippen molar-refractivity contribution >= 4 is 22.4 Å². The Morgan fingerprint density at radius 3 is 2.59 bits per heavy atom. The SMILES string of the molecule is CCCCc1nc2c(CO)scc2n1Cc1ccc(-c2ccccc2-c2nn[nH]n2)cc1. The highest BCUT2D eigenvalue weighted by Crippen LogP contribution is 2.31. The third kappa shape index (κ3) is 3.83. The normalized spacial score (nSPS) is 11.4. The summed E-state index contributed by atoms with van der Waals surface area (Å²) in [6.45, 7) is 2.98. The molecule has 2 aromatic carbocycles. The highest BCUT2D eigenvalue weighted by atomic mass is 32.1. The van der Waals surface area contributed by atoms with Gasteiger partial charge in [0.15, 0.2) is 0 Å². The van der Waals surface area contributed by atoms with Gasteiger partial charge >= 0.3 is 0 Å². The number of unbranched alkanes of at least 4 members (excludes halogenated alkanes) is 1. The topological polar surface area (TPSA) is 92.5 Å². The molecule has 5 aromatic rings. The van der Waals surface area contributed by atoms with Gasteiger partial charge in [-0.05, 0) is 28.3 Å². The fourth-order valence-corrected chi connectivity index (χ4v) is 4.84. The summed E-state index contributed by atoms with van der Waals surface area (Å²) in [5.41, 5.74) is 6.38. The molecule has 0 amide bonds. The maximum absolute atomic E-state index is 9.67. The van der Waals surface area contributed by atoms with E-state index in [0.717, 1.165) is 64.2 Å². The summed E-state index contributed by atoms with van der Waals surface area (Å²) in [5, 5.41) is 26.3. The summed E-state index contributed by atoms with van der Waals surface area (Å²) in [5.74, 6) is 1.68. The van der Waals surface area contributed by atoms with Crippen LogP contribution in [0.2, 0.25) is 0 Å². The molecule has 0 radical (unpaired) electrons. The van der Waals surface area contributed by atoms with Crippen molar-refractivity contribution in [2.75, 3.05) is 0 Å². The number of tetrazole rings is 1.